The van der Waals surface area contributed by atoms with Crippen LogP contribution in [0.25, 0.3) is 0 Å². The summed E-state index contributed by atoms with van der Waals surface area (Å²) in [5.74, 6) is -0.820. The maximum Gasteiger partial charge on any atom is 0.182 e. The van der Waals surface area contributed by atoms with Crippen LogP contribution in [0, 0.1) is 52.3 Å². The predicted molar refractivity (Wildman–Crippen MR) is 223 cm³/mol. The summed E-state index contributed by atoms with van der Waals surface area (Å²) >= 11 is 0. The molecule has 11 N–H and O–H groups in total. The van der Waals surface area contributed by atoms with Crippen LogP contribution >= 0.6 is 0 Å². The number of ketones is 1. The molecule has 328 valence electrons. The monoisotopic (exact) mass is 813 g/mol. The van der Waals surface area contributed by atoms with Gasteiger partial charge in [-0.1, -0.05) is 46.1 Å². The molecule has 7 rings (SSSR count). The zero-order valence-corrected chi connectivity index (χ0v) is 36.0. The van der Waals surface area contributed by atoms with E-state index in [2.05, 4.69) is 29.8 Å². The smallest absolute Gasteiger partial charge is 0.182 e. The lowest BCUT2D eigenvalue weighted by atomic mass is 9.41. The first-order valence-corrected chi connectivity index (χ1v) is 22.8. The van der Waals surface area contributed by atoms with E-state index in [9.17, 15) is 30.6 Å². The van der Waals surface area contributed by atoms with E-state index in [0.29, 0.717) is 55.3 Å². The van der Waals surface area contributed by atoms with E-state index in [1.165, 1.54) is 19.3 Å². The van der Waals surface area contributed by atoms with Crippen LogP contribution in [0.3, 0.4) is 0 Å². The number of nitrogens with one attached hydrogen (secondary N) is 3. The average Bonchev–Trinajstić information content (AvgIpc) is 3.55. The average molecular weight is 813 g/mol. The quantitative estimate of drug-likeness (QED) is 0.130. The summed E-state index contributed by atoms with van der Waals surface area (Å²) in [6.07, 6.45) is 10.3. The van der Waals surface area contributed by atoms with E-state index in [1.54, 1.807) is 13.8 Å². The molecule has 5 aliphatic carbocycles. The highest BCUT2D eigenvalue weighted by Crippen LogP contribution is 2.71. The van der Waals surface area contributed by atoms with Crippen LogP contribution < -0.4 is 21.7 Å². The molecule has 0 amide bonds. The summed E-state index contributed by atoms with van der Waals surface area (Å²) in [6.45, 7) is 10.5. The molecule has 0 spiro atoms. The Morgan fingerprint density at radius 2 is 1.86 bits per heavy atom. The second-order valence-corrected chi connectivity index (χ2v) is 20.5. The summed E-state index contributed by atoms with van der Waals surface area (Å²) < 4.78 is 6.76. The lowest BCUT2D eigenvalue weighted by Gasteiger charge is -2.65. The van der Waals surface area contributed by atoms with Crippen LogP contribution in [0.15, 0.2) is 35.2 Å². The summed E-state index contributed by atoms with van der Waals surface area (Å²) in [5, 5.41) is 82.1. The summed E-state index contributed by atoms with van der Waals surface area (Å²) in [5.41, 5.74) is 3.00. The van der Waals surface area contributed by atoms with E-state index < -0.39 is 64.4 Å². The number of dihydropyridines is 1. The van der Waals surface area contributed by atoms with Gasteiger partial charge in [-0.25, -0.2) is 0 Å². The molecule has 0 radical (unpaired) electrons. The van der Waals surface area contributed by atoms with Crippen LogP contribution in [0.4, 0.5) is 0 Å². The lowest BCUT2D eigenvalue weighted by molar-refractivity contribution is -0.206. The fourth-order valence-corrected chi connectivity index (χ4v) is 14.2. The highest BCUT2D eigenvalue weighted by molar-refractivity contribution is 6.00. The third kappa shape index (κ3) is 7.36. The second-order valence-electron chi connectivity index (χ2n) is 20.5. The molecule has 7 aliphatic rings. The molecule has 18 atom stereocenters. The highest BCUT2D eigenvalue weighted by Gasteiger charge is 2.73. The SMILES string of the molecule is CCCC1CCC2OC(C(O)C(C)(O)C3CCC4(O)C5=C(NCC(C)O)C(=O)C6CC(O)C(O)CC6(CCC6=CNC(N)C=C6)C5C(CNC)CC34C)C(C)C2CC1. The van der Waals surface area contributed by atoms with Crippen molar-refractivity contribution in [2.75, 3.05) is 20.1 Å². The molecule has 5 fully saturated rings. The number of nitrogens with two attached hydrogens (primary N) is 1. The van der Waals surface area contributed by atoms with Crippen molar-refractivity contribution >= 4 is 5.78 Å². The third-order valence-corrected chi connectivity index (χ3v) is 17.1. The fourth-order valence-electron chi connectivity index (χ4n) is 14.2. The molecule has 12 heteroatoms. The van der Waals surface area contributed by atoms with Gasteiger partial charge in [0.05, 0.1) is 53.6 Å². The Morgan fingerprint density at radius 3 is 2.53 bits per heavy atom. The molecule has 0 aromatic heterocycles. The van der Waals surface area contributed by atoms with Crippen molar-refractivity contribution in [1.82, 2.24) is 16.0 Å². The van der Waals surface area contributed by atoms with Crippen LogP contribution in [0.1, 0.15) is 118 Å². The van der Waals surface area contributed by atoms with E-state index in [4.69, 9.17) is 10.5 Å². The Hall–Kier alpha value is -1.87. The molecule has 0 aromatic carbocycles. The number of hydrogen-bond acceptors (Lipinski definition) is 12. The normalized spacial score (nSPS) is 45.8. The minimum atomic E-state index is -1.63. The van der Waals surface area contributed by atoms with Crippen molar-refractivity contribution in [3.63, 3.8) is 0 Å². The molecule has 0 bridgehead atoms. The van der Waals surface area contributed by atoms with E-state index in [-0.39, 0.29) is 61.6 Å². The van der Waals surface area contributed by atoms with Crippen LogP contribution in [0.5, 0.6) is 0 Å². The number of allylic oxidation sites excluding steroid dienone is 3. The molecule has 1 saturated heterocycles. The first kappa shape index (κ1) is 44.2. The minimum Gasteiger partial charge on any atom is -0.392 e. The van der Waals surface area contributed by atoms with Gasteiger partial charge in [0.25, 0.3) is 0 Å². The number of aliphatic hydroxyl groups excluding tert-OH is 4. The Labute approximate surface area is 346 Å². The molecule has 18 unspecified atom stereocenters. The van der Waals surface area contributed by atoms with Crippen LogP contribution in [-0.4, -0.2) is 111 Å². The number of rotatable bonds is 13. The van der Waals surface area contributed by atoms with Crippen LogP contribution in [-0.2, 0) is 9.53 Å². The number of ether oxygens (including phenoxy) is 1. The van der Waals surface area contributed by atoms with Gasteiger partial charge < -0.3 is 57.1 Å². The van der Waals surface area contributed by atoms with Crippen molar-refractivity contribution in [2.45, 2.75) is 172 Å². The van der Waals surface area contributed by atoms with Crippen molar-refractivity contribution in [3.05, 3.63) is 35.2 Å². The van der Waals surface area contributed by atoms with Crippen LogP contribution in [0.2, 0.25) is 0 Å². The molecule has 4 saturated carbocycles. The molecule has 0 aromatic rings. The van der Waals surface area contributed by atoms with Gasteiger partial charge in [0.2, 0.25) is 0 Å². The van der Waals surface area contributed by atoms with Crippen molar-refractivity contribution < 1.29 is 40.2 Å². The molecular weight excluding hydrogens is 737 g/mol. The largest absolute Gasteiger partial charge is 0.392 e. The summed E-state index contributed by atoms with van der Waals surface area (Å²) in [4.78, 5) is 15.2. The van der Waals surface area contributed by atoms with Crippen molar-refractivity contribution in [1.29, 1.82) is 0 Å². The number of aliphatic hydroxyl groups is 6. The zero-order chi connectivity index (χ0) is 41.9. The van der Waals surface area contributed by atoms with E-state index in [0.717, 1.165) is 24.8 Å². The van der Waals surface area contributed by atoms with Crippen molar-refractivity contribution in [3.8, 4) is 0 Å². The Balaban J connectivity index is 1.28. The number of carbonyl (C=O) groups is 1. The van der Waals surface area contributed by atoms with Gasteiger partial charge >= 0.3 is 0 Å². The highest BCUT2D eigenvalue weighted by atomic mass is 16.5. The number of carbonyl (C=O) groups excluding carboxylic acids is 1. The third-order valence-electron chi connectivity index (χ3n) is 17.1. The van der Waals surface area contributed by atoms with Gasteiger partial charge in [-0.2, -0.15) is 0 Å². The summed E-state index contributed by atoms with van der Waals surface area (Å²) in [6, 6.07) is 0. The Morgan fingerprint density at radius 1 is 1.12 bits per heavy atom. The second kappa shape index (κ2) is 16.8. The maximum absolute atomic E-state index is 15.2. The molecule has 2 aliphatic heterocycles. The van der Waals surface area contributed by atoms with Gasteiger partial charge in [0.1, 0.15) is 6.10 Å². The number of hydrogen-bond donors (Lipinski definition) is 10. The molecular formula is C46H76N4O8. The van der Waals surface area contributed by atoms with Gasteiger partial charge in [0, 0.05) is 24.1 Å². The fraction of sp³-hybridized carbons (Fsp3) is 0.848. The Bertz CT molecular complexity index is 1600. The number of Topliss-reactive ketones (excluding diaryl/α,β-unsaturated/α-hetero) is 1. The first-order chi connectivity index (χ1) is 27.4. The van der Waals surface area contributed by atoms with Gasteiger partial charge in [-0.05, 0) is 150 Å². The number of fused-ring (bicyclic) bond motifs is 6. The van der Waals surface area contributed by atoms with Crippen molar-refractivity contribution in [2.24, 2.45) is 58.0 Å². The molecule has 2 heterocycles. The Kier molecular flexibility index (Phi) is 12.8. The van der Waals surface area contributed by atoms with Gasteiger partial charge in [-0.3, -0.25) is 4.79 Å². The first-order valence-electron chi connectivity index (χ1n) is 22.8. The lowest BCUT2D eigenvalue weighted by Crippen LogP contribution is -2.68. The minimum absolute atomic E-state index is 0.0562. The van der Waals surface area contributed by atoms with E-state index >= 15 is 4.79 Å². The zero-order valence-electron chi connectivity index (χ0n) is 36.0. The molecule has 12 nitrogen and oxygen atoms in total. The standard InChI is InChI=1S/C46H76N4O8/c1-7-8-27-9-12-30-26(3)41(58-34(30)13-10-27)42(55)44(5,56)35-16-18-46(57)38-37(29(24-48-6)20-43(35,46)4)45(17-15-28-11-14-36(47)49-23-28)21-33(53)32(52)19-31(45)40(54)39(38)50-22-25(2)51/h11,14,23,25-27,29-37,41-42,48-53,55-57H,7-10,12-13,15-22,24,47H2,1-6H3. The van der Waals surface area contributed by atoms with Gasteiger partial charge in [0.15, 0.2) is 5.78 Å². The predicted octanol–water partition coefficient (Wildman–Crippen LogP) is 3.14. The maximum atomic E-state index is 15.2. The van der Waals surface area contributed by atoms with E-state index in [1.807, 2.05) is 32.3 Å². The molecule has 58 heavy (non-hydrogen) atoms. The summed E-state index contributed by atoms with van der Waals surface area (Å²) in [7, 11) is 1.90. The topological polar surface area (TPSA) is 210 Å². The van der Waals surface area contributed by atoms with Gasteiger partial charge in [-0.15, -0.1) is 0 Å².